The standard InChI is InChI=1S/C9H10O2S/c1-2-3-7-4-5-12-8(7)6-9(10)11/h2,4-5H,1,3,6H2,(H,10,11). The van der Waals surface area contributed by atoms with Crippen molar-refractivity contribution in [3.8, 4) is 0 Å². The van der Waals surface area contributed by atoms with Gasteiger partial charge < -0.3 is 5.11 Å². The molecule has 0 spiro atoms. The Bertz CT molecular complexity index is 288. The number of hydrogen-bond acceptors (Lipinski definition) is 2. The average molecular weight is 182 g/mol. The maximum atomic E-state index is 10.4. The van der Waals surface area contributed by atoms with Crippen LogP contribution in [0.5, 0.6) is 0 Å². The quantitative estimate of drug-likeness (QED) is 0.724. The molecule has 2 nitrogen and oxygen atoms in total. The summed E-state index contributed by atoms with van der Waals surface area (Å²) in [5, 5.41) is 10.5. The van der Waals surface area contributed by atoms with Crippen molar-refractivity contribution in [2.24, 2.45) is 0 Å². The van der Waals surface area contributed by atoms with Crippen molar-refractivity contribution in [3.05, 3.63) is 34.5 Å². The summed E-state index contributed by atoms with van der Waals surface area (Å²) in [7, 11) is 0. The number of rotatable bonds is 4. The minimum Gasteiger partial charge on any atom is -0.481 e. The van der Waals surface area contributed by atoms with Crippen LogP contribution in [-0.4, -0.2) is 11.1 Å². The third kappa shape index (κ3) is 2.20. The Hall–Kier alpha value is -1.09. The van der Waals surface area contributed by atoms with Gasteiger partial charge in [0.15, 0.2) is 0 Å². The van der Waals surface area contributed by atoms with Crippen LogP contribution in [0.4, 0.5) is 0 Å². The van der Waals surface area contributed by atoms with E-state index in [2.05, 4.69) is 6.58 Å². The van der Waals surface area contributed by atoms with Crippen LogP contribution in [0, 0.1) is 0 Å². The highest BCUT2D eigenvalue weighted by atomic mass is 32.1. The number of thiophene rings is 1. The topological polar surface area (TPSA) is 37.3 Å². The van der Waals surface area contributed by atoms with Crippen molar-refractivity contribution in [2.75, 3.05) is 0 Å². The average Bonchev–Trinajstić information content (AvgIpc) is 2.37. The number of aliphatic carboxylic acids is 1. The van der Waals surface area contributed by atoms with E-state index >= 15 is 0 Å². The molecule has 0 saturated heterocycles. The summed E-state index contributed by atoms with van der Waals surface area (Å²) >= 11 is 1.49. The smallest absolute Gasteiger partial charge is 0.308 e. The van der Waals surface area contributed by atoms with E-state index in [0.29, 0.717) is 0 Å². The molecule has 0 radical (unpaired) electrons. The molecule has 1 aromatic rings. The van der Waals surface area contributed by atoms with Crippen molar-refractivity contribution in [2.45, 2.75) is 12.8 Å². The van der Waals surface area contributed by atoms with Crippen molar-refractivity contribution in [1.82, 2.24) is 0 Å². The highest BCUT2D eigenvalue weighted by Gasteiger charge is 2.06. The van der Waals surface area contributed by atoms with Crippen LogP contribution in [0.1, 0.15) is 10.4 Å². The second-order valence-corrected chi connectivity index (χ2v) is 3.43. The molecule has 1 heterocycles. The molecule has 3 heteroatoms. The molecular formula is C9H10O2S. The Morgan fingerprint density at radius 2 is 2.50 bits per heavy atom. The zero-order valence-corrected chi connectivity index (χ0v) is 7.43. The largest absolute Gasteiger partial charge is 0.481 e. The normalized spacial score (nSPS) is 9.67. The molecule has 0 amide bonds. The van der Waals surface area contributed by atoms with E-state index < -0.39 is 5.97 Å². The van der Waals surface area contributed by atoms with Gasteiger partial charge in [-0.25, -0.2) is 0 Å². The molecule has 0 atom stereocenters. The van der Waals surface area contributed by atoms with E-state index in [-0.39, 0.29) is 6.42 Å². The molecule has 0 fully saturated rings. The fourth-order valence-electron chi connectivity index (χ4n) is 0.997. The maximum absolute atomic E-state index is 10.4. The van der Waals surface area contributed by atoms with Crippen LogP contribution in [-0.2, 0) is 17.6 Å². The molecule has 64 valence electrons. The van der Waals surface area contributed by atoms with Gasteiger partial charge in [-0.1, -0.05) is 6.08 Å². The predicted molar refractivity (Wildman–Crippen MR) is 49.6 cm³/mol. The Morgan fingerprint density at radius 3 is 3.08 bits per heavy atom. The lowest BCUT2D eigenvalue weighted by atomic mass is 10.1. The molecule has 1 N–H and O–H groups in total. The first-order valence-electron chi connectivity index (χ1n) is 3.62. The third-order valence-corrected chi connectivity index (χ3v) is 2.48. The van der Waals surface area contributed by atoms with Crippen molar-refractivity contribution in [3.63, 3.8) is 0 Å². The zero-order valence-electron chi connectivity index (χ0n) is 6.62. The van der Waals surface area contributed by atoms with Crippen LogP contribution in [0.2, 0.25) is 0 Å². The highest BCUT2D eigenvalue weighted by molar-refractivity contribution is 7.10. The van der Waals surface area contributed by atoms with Gasteiger partial charge in [0.05, 0.1) is 6.42 Å². The molecule has 0 aliphatic carbocycles. The molecule has 0 unspecified atom stereocenters. The van der Waals surface area contributed by atoms with Gasteiger partial charge >= 0.3 is 5.97 Å². The summed E-state index contributed by atoms with van der Waals surface area (Å²) in [6, 6.07) is 1.95. The van der Waals surface area contributed by atoms with Crippen LogP contribution >= 0.6 is 11.3 Å². The van der Waals surface area contributed by atoms with Gasteiger partial charge in [0.1, 0.15) is 0 Å². The number of carboxylic acid groups (broad SMARTS) is 1. The van der Waals surface area contributed by atoms with E-state index in [4.69, 9.17) is 5.11 Å². The van der Waals surface area contributed by atoms with E-state index in [1.165, 1.54) is 11.3 Å². The maximum Gasteiger partial charge on any atom is 0.308 e. The van der Waals surface area contributed by atoms with Gasteiger partial charge in [0, 0.05) is 4.88 Å². The van der Waals surface area contributed by atoms with E-state index in [1.807, 2.05) is 11.4 Å². The summed E-state index contributed by atoms with van der Waals surface area (Å²) < 4.78 is 0. The summed E-state index contributed by atoms with van der Waals surface area (Å²) in [5.74, 6) is -0.775. The molecule has 0 aliphatic rings. The van der Waals surface area contributed by atoms with E-state index in [1.54, 1.807) is 6.08 Å². The zero-order chi connectivity index (χ0) is 8.97. The monoisotopic (exact) mass is 182 g/mol. The molecule has 12 heavy (non-hydrogen) atoms. The lowest BCUT2D eigenvalue weighted by molar-refractivity contribution is -0.136. The second kappa shape index (κ2) is 4.07. The van der Waals surface area contributed by atoms with Crippen molar-refractivity contribution in [1.29, 1.82) is 0 Å². The van der Waals surface area contributed by atoms with Crippen molar-refractivity contribution < 1.29 is 9.90 Å². The summed E-state index contributed by atoms with van der Waals surface area (Å²) in [6.45, 7) is 3.61. The molecular weight excluding hydrogens is 172 g/mol. The molecule has 0 saturated carbocycles. The fourth-order valence-corrected chi connectivity index (χ4v) is 1.90. The Labute approximate surface area is 75.2 Å². The van der Waals surface area contributed by atoms with Gasteiger partial charge in [-0.2, -0.15) is 0 Å². The van der Waals surface area contributed by atoms with Crippen LogP contribution in [0.3, 0.4) is 0 Å². The van der Waals surface area contributed by atoms with E-state index in [9.17, 15) is 4.79 Å². The Kier molecular flexibility index (Phi) is 3.05. The highest BCUT2D eigenvalue weighted by Crippen LogP contribution is 2.18. The number of carbonyl (C=O) groups is 1. The van der Waals surface area contributed by atoms with Gasteiger partial charge in [0.2, 0.25) is 0 Å². The number of hydrogen-bond donors (Lipinski definition) is 1. The summed E-state index contributed by atoms with van der Waals surface area (Å²) in [5.41, 5.74) is 1.08. The lowest BCUT2D eigenvalue weighted by Gasteiger charge is -1.95. The Morgan fingerprint density at radius 1 is 1.75 bits per heavy atom. The molecule has 0 aliphatic heterocycles. The van der Waals surface area contributed by atoms with Crippen LogP contribution < -0.4 is 0 Å². The lowest BCUT2D eigenvalue weighted by Crippen LogP contribution is -1.99. The SMILES string of the molecule is C=CCc1ccsc1CC(=O)O. The summed E-state index contributed by atoms with van der Waals surface area (Å²) in [6.07, 6.45) is 2.67. The van der Waals surface area contributed by atoms with E-state index in [0.717, 1.165) is 16.9 Å². The molecule has 0 bridgehead atoms. The predicted octanol–water partition coefficient (Wildman–Crippen LogP) is 2.10. The first-order valence-corrected chi connectivity index (χ1v) is 4.50. The number of carboxylic acids is 1. The first kappa shape index (κ1) is 9.00. The molecule has 1 rings (SSSR count). The van der Waals surface area contributed by atoms with Gasteiger partial charge in [0.25, 0.3) is 0 Å². The second-order valence-electron chi connectivity index (χ2n) is 2.43. The van der Waals surface area contributed by atoms with Crippen molar-refractivity contribution >= 4 is 17.3 Å². The fraction of sp³-hybridized carbons (Fsp3) is 0.222. The van der Waals surface area contributed by atoms with Gasteiger partial charge in [-0.15, -0.1) is 17.9 Å². The van der Waals surface area contributed by atoms with Crippen LogP contribution in [0.25, 0.3) is 0 Å². The minimum atomic E-state index is -0.775. The summed E-state index contributed by atoms with van der Waals surface area (Å²) in [4.78, 5) is 11.3. The third-order valence-electron chi connectivity index (χ3n) is 1.51. The van der Waals surface area contributed by atoms with Gasteiger partial charge in [-0.3, -0.25) is 4.79 Å². The molecule has 0 aromatic carbocycles. The minimum absolute atomic E-state index is 0.126. The first-order chi connectivity index (χ1) is 5.74. The van der Waals surface area contributed by atoms with Crippen LogP contribution in [0.15, 0.2) is 24.1 Å². The van der Waals surface area contributed by atoms with Gasteiger partial charge in [-0.05, 0) is 23.4 Å². The molecule has 1 aromatic heterocycles. The Balaban J connectivity index is 2.76. The number of allylic oxidation sites excluding steroid dienone is 1.